The van der Waals surface area contributed by atoms with Crippen molar-refractivity contribution >= 4 is 50.7 Å². The fourth-order valence-corrected chi connectivity index (χ4v) is 4.53. The molecule has 1 atom stereocenters. The number of anilines is 1. The van der Waals surface area contributed by atoms with Gasteiger partial charge in [0.2, 0.25) is 21.8 Å². The Balaban J connectivity index is 2.43. The molecule has 34 heavy (non-hydrogen) atoms. The number of amides is 2. The summed E-state index contributed by atoms with van der Waals surface area (Å²) in [7, 11) is -2.38. The van der Waals surface area contributed by atoms with Crippen molar-refractivity contribution in [1.29, 1.82) is 0 Å². The second-order valence-electron chi connectivity index (χ2n) is 7.68. The smallest absolute Gasteiger partial charge is 0.244 e. The summed E-state index contributed by atoms with van der Waals surface area (Å²) < 4.78 is 31.3. The van der Waals surface area contributed by atoms with Crippen LogP contribution in [0.1, 0.15) is 25.8 Å². The highest BCUT2D eigenvalue weighted by Gasteiger charge is 2.31. The second kappa shape index (κ2) is 12.3. The Morgan fingerprint density at radius 3 is 2.44 bits per heavy atom. The number of ether oxygens (including phenoxy) is 1. The molecule has 0 aliphatic rings. The van der Waals surface area contributed by atoms with Crippen LogP contribution in [0.15, 0.2) is 42.5 Å². The third-order valence-corrected chi connectivity index (χ3v) is 7.02. The number of methoxy groups -OCH3 is 1. The lowest BCUT2D eigenvalue weighted by molar-refractivity contribution is -0.139. The fourth-order valence-electron chi connectivity index (χ4n) is 3.23. The van der Waals surface area contributed by atoms with Gasteiger partial charge in [-0.3, -0.25) is 13.9 Å². The highest BCUT2D eigenvalue weighted by molar-refractivity contribution is 7.92. The largest absolute Gasteiger partial charge is 0.497 e. The monoisotopic (exact) mass is 529 g/mol. The maximum atomic E-state index is 13.5. The van der Waals surface area contributed by atoms with Crippen LogP contribution in [0, 0.1) is 0 Å². The molecular weight excluding hydrogens is 501 g/mol. The summed E-state index contributed by atoms with van der Waals surface area (Å²) in [6.45, 7) is 3.48. The molecule has 2 aromatic carbocycles. The topological polar surface area (TPSA) is 96.0 Å². The van der Waals surface area contributed by atoms with E-state index in [0.717, 1.165) is 22.5 Å². The Morgan fingerprint density at radius 1 is 1.15 bits per heavy atom. The van der Waals surface area contributed by atoms with Crippen LogP contribution in [0.4, 0.5) is 5.69 Å². The Morgan fingerprint density at radius 2 is 1.82 bits per heavy atom. The van der Waals surface area contributed by atoms with Gasteiger partial charge >= 0.3 is 0 Å². The van der Waals surface area contributed by atoms with E-state index in [0.29, 0.717) is 12.3 Å². The zero-order chi connectivity index (χ0) is 25.5. The van der Waals surface area contributed by atoms with Gasteiger partial charge in [-0.25, -0.2) is 8.42 Å². The first kappa shape index (κ1) is 27.8. The predicted molar refractivity (Wildman–Crippen MR) is 135 cm³/mol. The third kappa shape index (κ3) is 7.25. The standard InChI is InChI=1S/C23H29Cl2N3O5S/c1-5-12-26-23(30)16(2)27(14-17-8-6-9-18(13-17)33-3)21(29)15-28(34(4,31)32)20-11-7-10-19(24)22(20)25/h6-11,13,16H,5,12,14-15H2,1-4H3,(H,26,30). The summed E-state index contributed by atoms with van der Waals surface area (Å²) in [6, 6.07) is 10.7. The fraction of sp³-hybridized carbons (Fsp3) is 0.391. The van der Waals surface area contributed by atoms with Gasteiger partial charge in [0.25, 0.3) is 0 Å². The highest BCUT2D eigenvalue weighted by Crippen LogP contribution is 2.33. The van der Waals surface area contributed by atoms with E-state index in [1.54, 1.807) is 37.3 Å². The molecule has 2 amide bonds. The van der Waals surface area contributed by atoms with Gasteiger partial charge in [-0.1, -0.05) is 48.3 Å². The van der Waals surface area contributed by atoms with Crippen molar-refractivity contribution in [3.63, 3.8) is 0 Å². The van der Waals surface area contributed by atoms with Crippen LogP contribution in [0.25, 0.3) is 0 Å². The number of nitrogens with zero attached hydrogens (tertiary/aromatic N) is 2. The number of sulfonamides is 1. The Hall–Kier alpha value is -2.49. The minimum atomic E-state index is -3.91. The molecule has 1 unspecified atom stereocenters. The van der Waals surface area contributed by atoms with Gasteiger partial charge in [0.15, 0.2) is 0 Å². The number of carbonyl (C=O) groups is 2. The molecule has 0 aliphatic carbocycles. The van der Waals surface area contributed by atoms with Gasteiger partial charge in [-0.2, -0.15) is 0 Å². The molecule has 1 N–H and O–H groups in total. The highest BCUT2D eigenvalue weighted by atomic mass is 35.5. The number of hydrogen-bond donors (Lipinski definition) is 1. The molecule has 186 valence electrons. The minimum Gasteiger partial charge on any atom is -0.497 e. The van der Waals surface area contributed by atoms with E-state index in [2.05, 4.69) is 5.32 Å². The molecule has 0 aliphatic heterocycles. The summed E-state index contributed by atoms with van der Waals surface area (Å²) >= 11 is 12.3. The second-order valence-corrected chi connectivity index (χ2v) is 10.4. The molecule has 11 heteroatoms. The maximum Gasteiger partial charge on any atom is 0.244 e. The lowest BCUT2D eigenvalue weighted by Crippen LogP contribution is -2.51. The van der Waals surface area contributed by atoms with E-state index in [1.165, 1.54) is 24.1 Å². The van der Waals surface area contributed by atoms with Crippen molar-refractivity contribution in [3.05, 3.63) is 58.1 Å². The summed E-state index contributed by atoms with van der Waals surface area (Å²) in [4.78, 5) is 27.5. The van der Waals surface area contributed by atoms with Gasteiger partial charge in [0, 0.05) is 13.1 Å². The zero-order valence-electron chi connectivity index (χ0n) is 19.5. The molecule has 0 radical (unpaired) electrons. The van der Waals surface area contributed by atoms with Crippen LogP contribution >= 0.6 is 23.2 Å². The van der Waals surface area contributed by atoms with Crippen LogP contribution in [0.2, 0.25) is 10.0 Å². The Kier molecular flexibility index (Phi) is 10.0. The average molecular weight is 530 g/mol. The SMILES string of the molecule is CCCNC(=O)C(C)N(Cc1cccc(OC)c1)C(=O)CN(c1cccc(Cl)c1Cl)S(C)(=O)=O. The van der Waals surface area contributed by atoms with Crippen molar-refractivity contribution in [2.24, 2.45) is 0 Å². The lowest BCUT2D eigenvalue weighted by atomic mass is 10.1. The molecule has 8 nitrogen and oxygen atoms in total. The van der Waals surface area contributed by atoms with Crippen LogP contribution in [0.3, 0.4) is 0 Å². The average Bonchev–Trinajstić information content (AvgIpc) is 2.80. The van der Waals surface area contributed by atoms with Gasteiger partial charge in [0.1, 0.15) is 18.3 Å². The van der Waals surface area contributed by atoms with Gasteiger partial charge in [0.05, 0.1) is 29.1 Å². The van der Waals surface area contributed by atoms with Crippen molar-refractivity contribution in [2.45, 2.75) is 32.9 Å². The van der Waals surface area contributed by atoms with E-state index in [9.17, 15) is 18.0 Å². The van der Waals surface area contributed by atoms with Gasteiger partial charge < -0.3 is 15.0 Å². The number of benzene rings is 2. The van der Waals surface area contributed by atoms with E-state index < -0.39 is 28.5 Å². The van der Waals surface area contributed by atoms with E-state index in [4.69, 9.17) is 27.9 Å². The Bertz CT molecular complexity index is 1130. The van der Waals surface area contributed by atoms with E-state index in [1.807, 2.05) is 6.92 Å². The van der Waals surface area contributed by atoms with Crippen molar-refractivity contribution < 1.29 is 22.7 Å². The van der Waals surface area contributed by atoms with Gasteiger partial charge in [-0.05, 0) is 43.2 Å². The van der Waals surface area contributed by atoms with Gasteiger partial charge in [-0.15, -0.1) is 0 Å². The van der Waals surface area contributed by atoms with Crippen LogP contribution in [-0.4, -0.2) is 57.6 Å². The first-order valence-electron chi connectivity index (χ1n) is 10.6. The quantitative estimate of drug-likeness (QED) is 0.478. The molecule has 0 saturated heterocycles. The molecule has 0 aromatic heterocycles. The first-order chi connectivity index (χ1) is 16.0. The molecule has 0 spiro atoms. The summed E-state index contributed by atoms with van der Waals surface area (Å²) in [5.41, 5.74) is 0.795. The summed E-state index contributed by atoms with van der Waals surface area (Å²) in [5.74, 6) is -0.329. The van der Waals surface area contributed by atoms with Crippen LogP contribution < -0.4 is 14.4 Å². The van der Waals surface area contributed by atoms with E-state index in [-0.39, 0.29) is 28.2 Å². The zero-order valence-corrected chi connectivity index (χ0v) is 21.9. The summed E-state index contributed by atoms with van der Waals surface area (Å²) in [6.07, 6.45) is 1.71. The molecule has 0 bridgehead atoms. The third-order valence-electron chi connectivity index (χ3n) is 5.08. The maximum absolute atomic E-state index is 13.5. The summed E-state index contributed by atoms with van der Waals surface area (Å²) in [5, 5.41) is 2.94. The molecule has 2 rings (SSSR count). The molecule has 0 heterocycles. The normalized spacial score (nSPS) is 12.1. The number of halogens is 2. The number of nitrogens with one attached hydrogen (secondary N) is 1. The molecule has 2 aromatic rings. The van der Waals surface area contributed by atoms with E-state index >= 15 is 0 Å². The Labute approximate surface area is 210 Å². The van der Waals surface area contributed by atoms with Crippen LogP contribution in [-0.2, 0) is 26.2 Å². The molecule has 0 saturated carbocycles. The predicted octanol–water partition coefficient (Wildman–Crippen LogP) is 3.71. The van der Waals surface area contributed by atoms with Crippen molar-refractivity contribution in [2.75, 3.05) is 30.8 Å². The number of rotatable bonds is 11. The number of hydrogen-bond acceptors (Lipinski definition) is 5. The van der Waals surface area contributed by atoms with Crippen LogP contribution in [0.5, 0.6) is 5.75 Å². The van der Waals surface area contributed by atoms with Crippen molar-refractivity contribution in [1.82, 2.24) is 10.2 Å². The molecular formula is C23H29Cl2N3O5S. The van der Waals surface area contributed by atoms with Crippen molar-refractivity contribution in [3.8, 4) is 5.75 Å². The minimum absolute atomic E-state index is 0.00970. The lowest BCUT2D eigenvalue weighted by Gasteiger charge is -2.31. The number of carbonyl (C=O) groups excluding carboxylic acids is 2. The first-order valence-corrected chi connectivity index (χ1v) is 13.2. The molecule has 0 fully saturated rings.